The second kappa shape index (κ2) is 8.37. The molecule has 0 aliphatic carbocycles. The average Bonchev–Trinajstić information content (AvgIpc) is 2.46. The van der Waals surface area contributed by atoms with Gasteiger partial charge in [-0.25, -0.2) is 4.39 Å². The van der Waals surface area contributed by atoms with Crippen LogP contribution in [-0.4, -0.2) is 27.9 Å². The van der Waals surface area contributed by atoms with E-state index in [-0.39, 0.29) is 19.1 Å². The molecule has 0 saturated heterocycles. The highest BCUT2D eigenvalue weighted by atomic mass is 28.4. The summed E-state index contributed by atoms with van der Waals surface area (Å²) in [6.45, 7) is 4.01. The Hall–Kier alpha value is -1.03. The van der Waals surface area contributed by atoms with Crippen molar-refractivity contribution in [3.05, 3.63) is 35.9 Å². The molecule has 3 unspecified atom stereocenters. The van der Waals surface area contributed by atoms with E-state index in [4.69, 9.17) is 13.3 Å². The molecule has 0 fully saturated rings. The Morgan fingerprint density at radius 3 is 2.08 bits per heavy atom. The molecule has 0 aromatic heterocycles. The maximum Gasteiger partial charge on any atom is 0.505 e. The van der Waals surface area contributed by atoms with E-state index in [0.717, 1.165) is 19.1 Å². The van der Waals surface area contributed by atoms with E-state index >= 15 is 4.39 Å². The van der Waals surface area contributed by atoms with Gasteiger partial charge >= 0.3 is 20.8 Å². The van der Waals surface area contributed by atoms with Crippen LogP contribution in [0.2, 0.25) is 6.04 Å². The predicted molar refractivity (Wildman–Crippen MR) is 80.5 cm³/mol. The van der Waals surface area contributed by atoms with Gasteiger partial charge in [0.25, 0.3) is 0 Å². The zero-order chi connectivity index (χ0) is 18.4. The molecule has 24 heavy (non-hydrogen) atoms. The van der Waals surface area contributed by atoms with Crippen molar-refractivity contribution in [3.8, 4) is 0 Å². The molecule has 1 aromatic rings. The van der Waals surface area contributed by atoms with Gasteiger partial charge in [0.05, 0.1) is 0 Å². The summed E-state index contributed by atoms with van der Waals surface area (Å²) in [7, 11) is -4.26. The van der Waals surface area contributed by atoms with E-state index in [9.17, 15) is 17.6 Å². The molecule has 0 heterocycles. The first-order chi connectivity index (χ1) is 11.1. The lowest BCUT2D eigenvalue weighted by molar-refractivity contribution is -0.325. The molecule has 0 bridgehead atoms. The van der Waals surface area contributed by atoms with E-state index in [1.807, 2.05) is 0 Å². The van der Waals surface area contributed by atoms with Gasteiger partial charge in [-0.1, -0.05) is 43.7 Å². The summed E-state index contributed by atoms with van der Waals surface area (Å²) >= 11 is 0. The molecule has 3 atom stereocenters. The summed E-state index contributed by atoms with van der Waals surface area (Å²) in [5, 5.41) is 0. The van der Waals surface area contributed by atoms with Crippen molar-refractivity contribution >= 4 is 8.80 Å². The van der Waals surface area contributed by atoms with Crippen molar-refractivity contribution in [1.82, 2.24) is 0 Å². The predicted octanol–water partition coefficient (Wildman–Crippen LogP) is 5.11. The zero-order valence-electron chi connectivity index (χ0n) is 13.7. The number of benzene rings is 1. The summed E-state index contributed by atoms with van der Waals surface area (Å²) in [5.41, 5.74) is -0.750. The Labute approximate surface area is 139 Å². The fraction of sp³-hybridized carbons (Fsp3) is 0.600. The molecule has 0 N–H and O–H groups in total. The smallest absolute Gasteiger partial charge is 0.374 e. The molecule has 3 nitrogen and oxygen atoms in total. The molecule has 0 aliphatic rings. The third-order valence-electron chi connectivity index (χ3n) is 3.07. The van der Waals surface area contributed by atoms with Crippen molar-refractivity contribution in [2.24, 2.45) is 0 Å². The first-order valence-corrected chi connectivity index (χ1v) is 9.50. The van der Waals surface area contributed by atoms with Gasteiger partial charge in [-0.2, -0.15) is 17.6 Å². The largest absolute Gasteiger partial charge is 0.505 e. The molecule has 0 spiro atoms. The van der Waals surface area contributed by atoms with Gasteiger partial charge in [0.1, 0.15) is 0 Å². The standard InChI is InChI=1S/C15H21F5O3Si/c1-4-11-24(21-5-2,22-12(3)16)23-14(17,15(18,19)20)13-9-7-6-8-10-13/h6-10,12H,4-5,11H2,1-3H3. The van der Waals surface area contributed by atoms with Crippen LogP contribution in [-0.2, 0) is 19.1 Å². The Balaban J connectivity index is 3.35. The highest BCUT2D eigenvalue weighted by Gasteiger charge is 2.64. The highest BCUT2D eigenvalue weighted by molar-refractivity contribution is 6.60. The molecule has 0 amide bonds. The van der Waals surface area contributed by atoms with Crippen LogP contribution in [0.15, 0.2) is 30.3 Å². The van der Waals surface area contributed by atoms with Gasteiger partial charge in [-0.3, -0.25) is 0 Å². The molecule has 138 valence electrons. The Morgan fingerprint density at radius 1 is 1.08 bits per heavy atom. The first kappa shape index (κ1) is 21.0. The van der Waals surface area contributed by atoms with Crippen molar-refractivity contribution in [2.75, 3.05) is 6.61 Å². The summed E-state index contributed by atoms with van der Waals surface area (Å²) < 4.78 is 83.7. The van der Waals surface area contributed by atoms with Crippen molar-refractivity contribution in [2.45, 2.75) is 51.6 Å². The lowest BCUT2D eigenvalue weighted by Gasteiger charge is -2.37. The SMILES string of the molecule is CCC[Si](OCC)(OC(C)F)OC(F)(c1ccccc1)C(F)(F)F. The molecule has 0 aliphatic heterocycles. The van der Waals surface area contributed by atoms with Crippen LogP contribution in [0, 0.1) is 0 Å². The van der Waals surface area contributed by atoms with Gasteiger partial charge in [-0.05, 0) is 13.8 Å². The number of hydrogen-bond acceptors (Lipinski definition) is 3. The first-order valence-electron chi connectivity index (χ1n) is 7.57. The van der Waals surface area contributed by atoms with E-state index in [1.165, 1.54) is 25.1 Å². The fourth-order valence-corrected chi connectivity index (χ4v) is 4.94. The lowest BCUT2D eigenvalue weighted by atomic mass is 10.1. The Morgan fingerprint density at radius 2 is 1.67 bits per heavy atom. The topological polar surface area (TPSA) is 27.7 Å². The molecule has 0 radical (unpaired) electrons. The monoisotopic (exact) mass is 372 g/mol. The number of rotatable bonds is 9. The summed E-state index contributed by atoms with van der Waals surface area (Å²) in [6.07, 6.45) is -7.06. The number of alkyl halides is 5. The molecular formula is C15H21F5O3Si. The van der Waals surface area contributed by atoms with Crippen molar-refractivity contribution in [3.63, 3.8) is 0 Å². The van der Waals surface area contributed by atoms with Crippen molar-refractivity contribution < 1.29 is 35.2 Å². The second-order valence-electron chi connectivity index (χ2n) is 5.09. The summed E-state index contributed by atoms with van der Waals surface area (Å²) in [6, 6.07) is 5.69. The average molecular weight is 372 g/mol. The highest BCUT2D eigenvalue weighted by Crippen LogP contribution is 2.46. The second-order valence-corrected chi connectivity index (χ2v) is 7.68. The van der Waals surface area contributed by atoms with E-state index in [0.29, 0.717) is 0 Å². The Bertz CT molecular complexity index is 492. The van der Waals surface area contributed by atoms with Crippen LogP contribution >= 0.6 is 0 Å². The number of halogens is 5. The van der Waals surface area contributed by atoms with Crippen LogP contribution in [0.25, 0.3) is 0 Å². The number of hydrogen-bond donors (Lipinski definition) is 0. The third kappa shape index (κ3) is 4.98. The summed E-state index contributed by atoms with van der Waals surface area (Å²) in [4.78, 5) is 0. The van der Waals surface area contributed by atoms with Crippen molar-refractivity contribution in [1.29, 1.82) is 0 Å². The Kier molecular flexibility index (Phi) is 7.33. The molecule has 9 heteroatoms. The molecular weight excluding hydrogens is 351 g/mol. The van der Waals surface area contributed by atoms with Crippen LogP contribution in [0.3, 0.4) is 0 Å². The maximum atomic E-state index is 15.0. The summed E-state index contributed by atoms with van der Waals surface area (Å²) in [5.74, 6) is -4.15. The van der Waals surface area contributed by atoms with Crippen LogP contribution in [0.4, 0.5) is 22.0 Å². The van der Waals surface area contributed by atoms with Gasteiger partial charge in [0.2, 0.25) is 0 Å². The van der Waals surface area contributed by atoms with Crippen LogP contribution in [0.5, 0.6) is 0 Å². The minimum absolute atomic E-state index is 0.0956. The van der Waals surface area contributed by atoms with Gasteiger partial charge in [0.15, 0.2) is 6.36 Å². The van der Waals surface area contributed by atoms with Gasteiger partial charge in [0, 0.05) is 18.2 Å². The maximum absolute atomic E-state index is 15.0. The van der Waals surface area contributed by atoms with E-state index in [1.54, 1.807) is 6.92 Å². The zero-order valence-corrected chi connectivity index (χ0v) is 14.7. The van der Waals surface area contributed by atoms with Gasteiger partial charge < -0.3 is 13.3 Å². The molecule has 0 saturated carbocycles. The van der Waals surface area contributed by atoms with Crippen LogP contribution in [0.1, 0.15) is 32.8 Å². The van der Waals surface area contributed by atoms with E-state index < -0.39 is 32.8 Å². The normalized spacial score (nSPS) is 18.7. The van der Waals surface area contributed by atoms with Crippen LogP contribution < -0.4 is 0 Å². The molecule has 1 aromatic carbocycles. The quantitative estimate of drug-likeness (QED) is 0.446. The minimum Gasteiger partial charge on any atom is -0.374 e. The van der Waals surface area contributed by atoms with E-state index in [2.05, 4.69) is 0 Å². The third-order valence-corrected chi connectivity index (χ3v) is 6.19. The molecule has 1 rings (SSSR count). The lowest BCUT2D eigenvalue weighted by Crippen LogP contribution is -2.56. The fourth-order valence-electron chi connectivity index (χ4n) is 2.19. The van der Waals surface area contributed by atoms with Gasteiger partial charge in [-0.15, -0.1) is 0 Å². The minimum atomic E-state index is -5.39.